The van der Waals surface area contributed by atoms with Crippen molar-refractivity contribution < 1.29 is 0 Å². The van der Waals surface area contributed by atoms with E-state index < -0.39 is 0 Å². The smallest absolute Gasteiger partial charge is 0.164 e. The van der Waals surface area contributed by atoms with Gasteiger partial charge in [0.15, 0.2) is 5.65 Å². The zero-order chi connectivity index (χ0) is 17.8. The van der Waals surface area contributed by atoms with Gasteiger partial charge in [0.25, 0.3) is 0 Å². The number of nitriles is 1. The summed E-state index contributed by atoms with van der Waals surface area (Å²) in [5, 5.41) is 15.6. The first-order valence-corrected chi connectivity index (χ1v) is 7.91. The van der Waals surface area contributed by atoms with Crippen molar-refractivity contribution in [1.82, 2.24) is 24.7 Å². The van der Waals surface area contributed by atoms with Crippen molar-refractivity contribution in [3.05, 3.63) is 36.2 Å². The van der Waals surface area contributed by atoms with Gasteiger partial charge in [-0.1, -0.05) is 6.07 Å². The Labute approximate surface area is 144 Å². The van der Waals surface area contributed by atoms with Crippen LogP contribution in [0.15, 0.2) is 30.6 Å². The summed E-state index contributed by atoms with van der Waals surface area (Å²) >= 11 is 0. The van der Waals surface area contributed by atoms with Crippen LogP contribution in [0.4, 0.5) is 5.82 Å². The topological polar surface area (TPSA) is 109 Å². The van der Waals surface area contributed by atoms with Gasteiger partial charge in [0, 0.05) is 10.9 Å². The predicted molar refractivity (Wildman–Crippen MR) is 96.7 cm³/mol. The fourth-order valence-corrected chi connectivity index (χ4v) is 2.95. The molecule has 0 saturated heterocycles. The van der Waals surface area contributed by atoms with Gasteiger partial charge in [0.05, 0.1) is 28.3 Å². The average Bonchev–Trinajstić information content (AvgIpc) is 3.15. The summed E-state index contributed by atoms with van der Waals surface area (Å²) in [5.74, 6) is 0.395. The van der Waals surface area contributed by atoms with Gasteiger partial charge in [-0.2, -0.15) is 10.4 Å². The van der Waals surface area contributed by atoms with Crippen molar-refractivity contribution in [1.29, 1.82) is 5.26 Å². The summed E-state index contributed by atoms with van der Waals surface area (Å²) in [6.07, 6.45) is 1.45. The lowest BCUT2D eigenvalue weighted by atomic mass is 10.1. The van der Waals surface area contributed by atoms with E-state index in [4.69, 9.17) is 16.1 Å². The van der Waals surface area contributed by atoms with Crippen LogP contribution in [0.1, 0.15) is 26.3 Å². The van der Waals surface area contributed by atoms with Crippen molar-refractivity contribution in [2.45, 2.75) is 26.3 Å². The molecule has 0 aliphatic carbocycles. The van der Waals surface area contributed by atoms with Crippen molar-refractivity contribution in [3.8, 4) is 17.5 Å². The molecule has 7 nitrogen and oxygen atoms in total. The molecule has 0 aliphatic rings. The van der Waals surface area contributed by atoms with E-state index in [-0.39, 0.29) is 5.54 Å². The van der Waals surface area contributed by atoms with Gasteiger partial charge >= 0.3 is 0 Å². The predicted octanol–water partition coefficient (Wildman–Crippen LogP) is 3.18. The number of fused-ring (bicyclic) bond motifs is 2. The van der Waals surface area contributed by atoms with E-state index in [0.29, 0.717) is 22.7 Å². The summed E-state index contributed by atoms with van der Waals surface area (Å²) in [5.41, 5.74) is 9.59. The molecule has 7 heteroatoms. The molecule has 3 heterocycles. The molecule has 0 fully saturated rings. The SMILES string of the molecule is CC(C)(C)n1nc(-c2cc3ccc(C#N)cc3[nH]2)c2c(N)ncnc21. The van der Waals surface area contributed by atoms with Gasteiger partial charge in [0.1, 0.15) is 17.8 Å². The molecule has 0 atom stereocenters. The van der Waals surface area contributed by atoms with Gasteiger partial charge in [0.2, 0.25) is 0 Å². The molecule has 124 valence electrons. The molecule has 4 aromatic rings. The van der Waals surface area contributed by atoms with Crippen LogP contribution in [-0.4, -0.2) is 24.7 Å². The fourth-order valence-electron chi connectivity index (χ4n) is 2.95. The monoisotopic (exact) mass is 331 g/mol. The van der Waals surface area contributed by atoms with Crippen LogP contribution in [0.2, 0.25) is 0 Å². The van der Waals surface area contributed by atoms with Gasteiger partial charge in [-0.05, 0) is 39.0 Å². The molecule has 0 unspecified atom stereocenters. The number of benzene rings is 1. The Morgan fingerprint density at radius 2 is 2.00 bits per heavy atom. The molecule has 0 saturated carbocycles. The highest BCUT2D eigenvalue weighted by Gasteiger charge is 2.24. The van der Waals surface area contributed by atoms with Crippen LogP contribution >= 0.6 is 0 Å². The number of hydrogen-bond acceptors (Lipinski definition) is 5. The van der Waals surface area contributed by atoms with Gasteiger partial charge in [-0.3, -0.25) is 0 Å². The minimum atomic E-state index is -0.253. The van der Waals surface area contributed by atoms with Crippen LogP contribution in [0.5, 0.6) is 0 Å². The maximum Gasteiger partial charge on any atom is 0.164 e. The number of hydrogen-bond donors (Lipinski definition) is 2. The normalized spacial score (nSPS) is 11.9. The fraction of sp³-hybridized carbons (Fsp3) is 0.222. The lowest BCUT2D eigenvalue weighted by molar-refractivity contribution is 0.366. The van der Waals surface area contributed by atoms with Crippen LogP contribution in [0.25, 0.3) is 33.3 Å². The second-order valence-corrected chi connectivity index (χ2v) is 6.99. The Hall–Kier alpha value is -3.40. The second-order valence-electron chi connectivity index (χ2n) is 6.99. The van der Waals surface area contributed by atoms with E-state index in [1.54, 1.807) is 6.07 Å². The summed E-state index contributed by atoms with van der Waals surface area (Å²) in [6, 6.07) is 9.68. The van der Waals surface area contributed by atoms with Gasteiger partial charge < -0.3 is 10.7 Å². The highest BCUT2D eigenvalue weighted by Crippen LogP contribution is 2.34. The summed E-state index contributed by atoms with van der Waals surface area (Å²) in [7, 11) is 0. The zero-order valence-electron chi connectivity index (χ0n) is 14.2. The van der Waals surface area contributed by atoms with Crippen LogP contribution in [0.3, 0.4) is 0 Å². The largest absolute Gasteiger partial charge is 0.383 e. The van der Waals surface area contributed by atoms with E-state index in [0.717, 1.165) is 22.0 Å². The van der Waals surface area contributed by atoms with Crippen LogP contribution in [0, 0.1) is 11.3 Å². The van der Waals surface area contributed by atoms with E-state index in [2.05, 4.69) is 41.8 Å². The second kappa shape index (κ2) is 5.05. The Balaban J connectivity index is 2.03. The molecule has 0 amide bonds. The highest BCUT2D eigenvalue weighted by molar-refractivity contribution is 6.00. The van der Waals surface area contributed by atoms with Gasteiger partial charge in [-0.15, -0.1) is 0 Å². The molecule has 3 N–H and O–H groups in total. The molecule has 0 spiro atoms. The maximum absolute atomic E-state index is 9.08. The number of nitrogens with one attached hydrogen (secondary N) is 1. The third-order valence-electron chi connectivity index (χ3n) is 4.14. The van der Waals surface area contributed by atoms with E-state index in [9.17, 15) is 0 Å². The molecule has 0 radical (unpaired) electrons. The average molecular weight is 331 g/mol. The third kappa shape index (κ3) is 2.31. The first kappa shape index (κ1) is 15.1. The van der Waals surface area contributed by atoms with E-state index >= 15 is 0 Å². The highest BCUT2D eigenvalue weighted by atomic mass is 15.3. The summed E-state index contributed by atoms with van der Waals surface area (Å²) in [6.45, 7) is 6.18. The van der Waals surface area contributed by atoms with Crippen LogP contribution in [-0.2, 0) is 5.54 Å². The Morgan fingerprint density at radius 1 is 1.20 bits per heavy atom. The van der Waals surface area contributed by atoms with Crippen LogP contribution < -0.4 is 5.73 Å². The Bertz CT molecular complexity index is 1150. The van der Waals surface area contributed by atoms with Crippen molar-refractivity contribution in [3.63, 3.8) is 0 Å². The standard InChI is InChI=1S/C18H17N7/c1-18(2,3)25-17-14(16(20)21-9-22-17)15(24-25)13-7-11-5-4-10(8-19)6-12(11)23-13/h4-7,9,23H,1-3H3,(H2,20,21,22). The Morgan fingerprint density at radius 3 is 2.72 bits per heavy atom. The zero-order valence-corrected chi connectivity index (χ0v) is 14.2. The minimum Gasteiger partial charge on any atom is -0.383 e. The third-order valence-corrected chi connectivity index (χ3v) is 4.14. The number of aromatic nitrogens is 5. The van der Waals surface area contributed by atoms with E-state index in [1.165, 1.54) is 6.33 Å². The van der Waals surface area contributed by atoms with Crippen molar-refractivity contribution in [2.75, 3.05) is 5.73 Å². The van der Waals surface area contributed by atoms with E-state index in [1.807, 2.05) is 22.9 Å². The first-order valence-electron chi connectivity index (χ1n) is 7.91. The number of nitrogens with zero attached hydrogens (tertiary/aromatic N) is 5. The van der Waals surface area contributed by atoms with Crippen molar-refractivity contribution >= 4 is 27.8 Å². The lowest BCUT2D eigenvalue weighted by Gasteiger charge is -2.19. The minimum absolute atomic E-state index is 0.253. The number of nitrogen functional groups attached to an aromatic ring is 1. The number of aromatic amines is 1. The van der Waals surface area contributed by atoms with Crippen molar-refractivity contribution in [2.24, 2.45) is 0 Å². The lowest BCUT2D eigenvalue weighted by Crippen LogP contribution is -2.23. The molecular formula is C18H17N7. The molecule has 25 heavy (non-hydrogen) atoms. The molecule has 0 aliphatic heterocycles. The molecule has 1 aromatic carbocycles. The number of H-pyrrole nitrogens is 1. The summed E-state index contributed by atoms with van der Waals surface area (Å²) in [4.78, 5) is 11.8. The molecule has 4 rings (SSSR count). The number of anilines is 1. The maximum atomic E-state index is 9.08. The molecule has 3 aromatic heterocycles. The van der Waals surface area contributed by atoms with Gasteiger partial charge in [-0.25, -0.2) is 14.6 Å². The Kier molecular flexibility index (Phi) is 3.06. The summed E-state index contributed by atoms with van der Waals surface area (Å²) < 4.78 is 1.86. The first-order chi connectivity index (χ1) is 11.9. The quantitative estimate of drug-likeness (QED) is 0.556. The molecule has 0 bridgehead atoms. The number of nitrogens with two attached hydrogens (primary N) is 1. The molecular weight excluding hydrogens is 314 g/mol. The number of rotatable bonds is 1.